The molecule has 7 atom stereocenters. The van der Waals surface area contributed by atoms with Crippen LogP contribution in [0.15, 0.2) is 65.3 Å². The van der Waals surface area contributed by atoms with Crippen LogP contribution in [0.25, 0.3) is 11.0 Å². The Balaban J connectivity index is 0.000000199. The molecule has 128 heavy (non-hydrogen) atoms. The molecule has 19 rings (SSSR count). The Morgan fingerprint density at radius 1 is 0.445 bits per heavy atom. The van der Waals surface area contributed by atoms with Gasteiger partial charge in [-0.1, -0.05) is 114 Å². The Labute approximate surface area is 766 Å². The van der Waals surface area contributed by atoms with Crippen LogP contribution in [0, 0.1) is 70.0 Å². The number of methoxy groups -OCH3 is 5. The molecule has 14 aliphatic carbocycles. The molecule has 5 aromatic rings. The lowest BCUT2D eigenvalue weighted by atomic mass is 9.48. The number of aryl methyl sites for hydroxylation is 1. The average molecular weight is 1780 g/mol. The van der Waals surface area contributed by atoms with Gasteiger partial charge in [0.1, 0.15) is 52.8 Å². The summed E-state index contributed by atoms with van der Waals surface area (Å²) in [7, 11) is 8.19. The molecule has 0 radical (unpaired) electrons. The Hall–Kier alpha value is -6.95. The summed E-state index contributed by atoms with van der Waals surface area (Å²) in [5, 5.41) is 11.5. The molecule has 714 valence electrons. The van der Waals surface area contributed by atoms with Crippen LogP contribution >= 0.6 is 0 Å². The van der Waals surface area contributed by atoms with Gasteiger partial charge in [0.15, 0.2) is 0 Å². The molecule has 1 N–H and O–H groups in total. The normalized spacial score (nSPS) is 27.7. The second-order valence-electron chi connectivity index (χ2n) is 41.5. The highest BCUT2D eigenvalue weighted by atomic mass is 16.6. The summed E-state index contributed by atoms with van der Waals surface area (Å²) in [6.45, 7) is 21.6. The Bertz CT molecular complexity index is 4390. The number of hydrogen-bond donors (Lipinski definition) is 1. The summed E-state index contributed by atoms with van der Waals surface area (Å²) < 4.78 is 90.7. The SMILES string of the molecule is C.C.C.C.CCC(C)(C)C(=O)OC12CC3CC(C1)CC(C(=O)Oc1c(COC4CCCCC4)cc(C)cc1COC1CCCCC1)(C3)C2.CCC(C)(C)C(=O)OC12CC3CC(CC(OCc4cc5ccoc5cc4COc4c(COC)cc(COC)cc4COC)(C3)C1)C2.CCC(C)C(=O)OC12CC3CC(C1)CC(C(=O)OCc1cc(COC)c(O)c(COC)c1)(C3)C2. The number of hydrogen-bond acceptors (Lipinski definition) is 21. The number of rotatable bonds is 36. The second-order valence-corrected chi connectivity index (χ2v) is 41.5. The van der Waals surface area contributed by atoms with Crippen LogP contribution in [-0.2, 0) is 147 Å². The Morgan fingerprint density at radius 3 is 1.31 bits per heavy atom. The lowest BCUT2D eigenvalue weighted by molar-refractivity contribution is -0.241. The van der Waals surface area contributed by atoms with Crippen molar-refractivity contribution in [1.29, 1.82) is 0 Å². The molecular formula is C107H160O21. The Kier molecular flexibility index (Phi) is 35.3. The second kappa shape index (κ2) is 43.8. The van der Waals surface area contributed by atoms with Crippen LogP contribution in [0.4, 0.5) is 0 Å². The van der Waals surface area contributed by atoms with Gasteiger partial charge in [-0.3, -0.25) is 24.0 Å². The van der Waals surface area contributed by atoms with Gasteiger partial charge >= 0.3 is 29.8 Å². The lowest BCUT2D eigenvalue weighted by Gasteiger charge is -2.61. The first-order valence-corrected chi connectivity index (χ1v) is 47.1. The maximum atomic E-state index is 14.5. The summed E-state index contributed by atoms with van der Waals surface area (Å²) in [6.07, 6.45) is 32.3. The highest BCUT2D eigenvalue weighted by Gasteiger charge is 2.66. The predicted octanol–water partition coefficient (Wildman–Crippen LogP) is 24.2. The number of phenolic OH excluding ortho intramolecular Hbond substituents is 1. The molecule has 1 aromatic heterocycles. The van der Waals surface area contributed by atoms with Gasteiger partial charge < -0.3 is 75.8 Å². The van der Waals surface area contributed by atoms with E-state index in [0.29, 0.717) is 111 Å². The first-order chi connectivity index (χ1) is 59.4. The maximum absolute atomic E-state index is 14.5. The molecule has 1 heterocycles. The van der Waals surface area contributed by atoms with Crippen molar-refractivity contribution in [2.45, 2.75) is 392 Å². The molecule has 0 spiro atoms. The van der Waals surface area contributed by atoms with Crippen molar-refractivity contribution in [2.75, 3.05) is 35.5 Å². The average Bonchev–Trinajstić information content (AvgIpc) is 0.743. The van der Waals surface area contributed by atoms with Crippen molar-refractivity contribution in [3.05, 3.63) is 122 Å². The number of fused-ring (bicyclic) bond motifs is 1. The monoisotopic (exact) mass is 1780 g/mol. The van der Waals surface area contributed by atoms with Crippen LogP contribution < -0.4 is 9.47 Å². The third-order valence-electron chi connectivity index (χ3n) is 30.5. The molecule has 0 amide bonds. The van der Waals surface area contributed by atoms with E-state index in [1.165, 1.54) is 44.9 Å². The number of ether oxygens (including phenoxy) is 14. The quantitative estimate of drug-likeness (QED) is 0.0222. The molecular weight excluding hydrogens is 1620 g/mol. The maximum Gasteiger partial charge on any atom is 0.317 e. The third kappa shape index (κ3) is 23.6. The smallest absolute Gasteiger partial charge is 0.317 e. The number of aromatic hydroxyl groups is 1. The van der Waals surface area contributed by atoms with Gasteiger partial charge in [-0.05, 0) is 276 Å². The molecule has 0 saturated heterocycles. The lowest BCUT2D eigenvalue weighted by Crippen LogP contribution is -2.61. The fourth-order valence-electron chi connectivity index (χ4n) is 24.5. The van der Waals surface area contributed by atoms with E-state index in [4.69, 9.17) is 70.7 Å². The predicted molar refractivity (Wildman–Crippen MR) is 496 cm³/mol. The van der Waals surface area contributed by atoms with Crippen molar-refractivity contribution in [3.8, 4) is 17.2 Å². The zero-order valence-electron chi connectivity index (χ0n) is 77.1. The molecule has 14 aliphatic rings. The van der Waals surface area contributed by atoms with E-state index in [0.717, 1.165) is 208 Å². The molecule has 21 heteroatoms. The topological polar surface area (TPSA) is 248 Å². The van der Waals surface area contributed by atoms with E-state index in [1.807, 2.05) is 54.5 Å². The van der Waals surface area contributed by atoms with Crippen LogP contribution in [0.2, 0.25) is 0 Å². The minimum Gasteiger partial charge on any atom is -0.507 e. The van der Waals surface area contributed by atoms with Gasteiger partial charge in [-0.15, -0.1) is 0 Å². The summed E-state index contributed by atoms with van der Waals surface area (Å²) in [5.41, 5.74) is 6.89. The van der Waals surface area contributed by atoms with Crippen molar-refractivity contribution in [2.24, 2.45) is 63.1 Å². The van der Waals surface area contributed by atoms with Gasteiger partial charge in [0, 0.05) is 93.6 Å². The van der Waals surface area contributed by atoms with E-state index < -0.39 is 38.5 Å². The van der Waals surface area contributed by atoms with Crippen LogP contribution in [0.3, 0.4) is 0 Å². The van der Waals surface area contributed by atoms with Crippen LogP contribution in [-0.4, -0.2) is 105 Å². The molecule has 0 aliphatic heterocycles. The summed E-state index contributed by atoms with van der Waals surface area (Å²) in [4.78, 5) is 67.3. The third-order valence-corrected chi connectivity index (χ3v) is 30.5. The van der Waals surface area contributed by atoms with Crippen molar-refractivity contribution in [1.82, 2.24) is 0 Å². The van der Waals surface area contributed by atoms with Gasteiger partial charge in [0.05, 0.1) is 105 Å². The molecule has 14 fully saturated rings. The van der Waals surface area contributed by atoms with Gasteiger partial charge in [-0.25, -0.2) is 0 Å². The minimum atomic E-state index is -0.616. The number of esters is 5. The number of carbonyl (C=O) groups is 5. The van der Waals surface area contributed by atoms with E-state index in [1.54, 1.807) is 53.9 Å². The summed E-state index contributed by atoms with van der Waals surface area (Å²) in [6, 6.07) is 18.2. The molecule has 4 aromatic carbocycles. The summed E-state index contributed by atoms with van der Waals surface area (Å²) >= 11 is 0. The van der Waals surface area contributed by atoms with E-state index >= 15 is 0 Å². The van der Waals surface area contributed by atoms with E-state index in [9.17, 15) is 29.1 Å². The zero-order chi connectivity index (χ0) is 88.0. The molecule has 7 unspecified atom stereocenters. The van der Waals surface area contributed by atoms with Gasteiger partial charge in [0.2, 0.25) is 0 Å². The molecule has 21 nitrogen and oxygen atoms in total. The zero-order valence-corrected chi connectivity index (χ0v) is 77.1. The van der Waals surface area contributed by atoms with Crippen molar-refractivity contribution < 1.29 is 99.8 Å². The highest BCUT2D eigenvalue weighted by molar-refractivity contribution is 5.82. The fraction of sp³-hybridized carbons (Fsp3) is 0.710. The number of furan rings is 1. The highest BCUT2D eigenvalue weighted by Crippen LogP contribution is 2.66. The summed E-state index contributed by atoms with van der Waals surface area (Å²) in [5.74, 6) is 3.34. The Morgan fingerprint density at radius 2 is 0.852 bits per heavy atom. The van der Waals surface area contributed by atoms with E-state index in [-0.39, 0.29) is 109 Å². The first-order valence-electron chi connectivity index (χ1n) is 47.1. The van der Waals surface area contributed by atoms with Gasteiger partial charge in [-0.2, -0.15) is 0 Å². The minimum absolute atomic E-state index is 0. The number of phenols is 1. The standard InChI is InChI=1S/C38H50O8.C38H56O6.C27H38O7.4CH4/c1-7-36(2,3)35(39)46-38-17-26-10-27(18-38)16-37(15-26,24-38)45-23-29-13-28-8-9-43-33(28)14-30(29)22-44-34-31(20-41-5)11-25(19-40-4)12-32(34)21-42-6;1-5-36(3,4)34(39)44-38-21-27-18-28(22-38)20-37(19-27,25-38)35(40)43-33-29(23-41-31-12-8-6-9-13-31)16-26(2)17-30(33)24-42-32-14-10-7-11-15-32;1-5-17(2)24(29)34-27-11-19-6-20(12-27)10-26(9-19,16-27)25(30)33-13-18-7-21(14-31-3)23(28)22(8-18)15-32-4;;;;/h8-9,11-14,26-27H,7,10,15-24H2,1-6H3;16-17,27-28,31-32H,5-15,18-25H2,1-4H3;7-8,17,19-20,28H,5-6,9-16H2,1-4H3;4*1H4. The van der Waals surface area contributed by atoms with Crippen molar-refractivity contribution in [3.63, 3.8) is 0 Å². The van der Waals surface area contributed by atoms with Gasteiger partial charge in [0.25, 0.3) is 0 Å². The number of carbonyl (C=O) groups excluding carboxylic acids is 5. The van der Waals surface area contributed by atoms with Crippen LogP contribution in [0.5, 0.6) is 17.2 Å². The fourth-order valence-corrected chi connectivity index (χ4v) is 24.5. The van der Waals surface area contributed by atoms with Crippen LogP contribution in [0.1, 0.15) is 345 Å². The number of benzene rings is 4. The largest absolute Gasteiger partial charge is 0.507 e. The first kappa shape index (κ1) is 103. The van der Waals surface area contributed by atoms with Crippen molar-refractivity contribution >= 4 is 40.8 Å². The van der Waals surface area contributed by atoms with E-state index in [2.05, 4.69) is 50.2 Å². The molecule has 14 saturated carbocycles. The molecule has 12 bridgehead atoms.